The molecule has 0 radical (unpaired) electrons. The fourth-order valence-electron chi connectivity index (χ4n) is 0.966. The van der Waals surface area contributed by atoms with Gasteiger partial charge < -0.3 is 16.2 Å². The molecule has 1 unspecified atom stereocenters. The van der Waals surface area contributed by atoms with Gasteiger partial charge in [-0.15, -0.1) is 0 Å². The predicted octanol–water partition coefficient (Wildman–Crippen LogP) is 0.485. The summed E-state index contributed by atoms with van der Waals surface area (Å²) in [6.45, 7) is 4.02. The molecule has 0 fully saturated rings. The zero-order valence-electron chi connectivity index (χ0n) is 9.38. The number of rotatable bonds is 7. The van der Waals surface area contributed by atoms with E-state index in [1.54, 1.807) is 6.92 Å². The highest BCUT2D eigenvalue weighted by atomic mass is 16.4. The maximum Gasteiger partial charge on any atom is 0.303 e. The zero-order valence-corrected chi connectivity index (χ0v) is 9.38. The Hall–Kier alpha value is -1.10. The molecule has 1 amide bonds. The van der Waals surface area contributed by atoms with E-state index in [1.165, 1.54) is 0 Å². The summed E-state index contributed by atoms with van der Waals surface area (Å²) in [5.41, 5.74) is 4.89. The molecule has 5 heteroatoms. The quantitative estimate of drug-likeness (QED) is 0.540. The standard InChI is InChI=1S/C10H20N2O3/c1-3-10(2,11)9(15)12-7-5-4-6-8(13)14/h3-7,11H2,1-2H3,(H,12,15)(H,13,14). The molecule has 88 valence electrons. The highest BCUT2D eigenvalue weighted by Crippen LogP contribution is 2.04. The molecule has 0 spiro atoms. The number of carbonyl (C=O) groups is 2. The second kappa shape index (κ2) is 6.40. The van der Waals surface area contributed by atoms with Crippen LogP contribution in [0.3, 0.4) is 0 Å². The number of nitrogens with one attached hydrogen (secondary N) is 1. The molecule has 1 atom stereocenters. The Morgan fingerprint density at radius 1 is 1.40 bits per heavy atom. The van der Waals surface area contributed by atoms with Gasteiger partial charge in [-0.05, 0) is 26.2 Å². The van der Waals surface area contributed by atoms with Crippen molar-refractivity contribution in [3.05, 3.63) is 0 Å². The van der Waals surface area contributed by atoms with Crippen molar-refractivity contribution in [2.45, 2.75) is 45.1 Å². The number of amides is 1. The molecule has 0 saturated carbocycles. The number of nitrogens with two attached hydrogens (primary N) is 1. The lowest BCUT2D eigenvalue weighted by atomic mass is 9.99. The normalized spacial score (nSPS) is 14.3. The first-order chi connectivity index (χ1) is 6.90. The molecule has 0 aromatic carbocycles. The van der Waals surface area contributed by atoms with E-state index in [1.807, 2.05) is 6.92 Å². The van der Waals surface area contributed by atoms with Crippen LogP contribution in [-0.4, -0.2) is 29.1 Å². The van der Waals surface area contributed by atoms with Gasteiger partial charge in [-0.2, -0.15) is 0 Å². The Labute approximate surface area is 90.0 Å². The summed E-state index contributed by atoms with van der Waals surface area (Å²) in [5.74, 6) is -0.987. The van der Waals surface area contributed by atoms with Gasteiger partial charge in [0.1, 0.15) is 0 Å². The van der Waals surface area contributed by atoms with E-state index in [0.717, 1.165) is 0 Å². The number of carboxylic acid groups (broad SMARTS) is 1. The molecule has 5 nitrogen and oxygen atoms in total. The molecule has 0 aliphatic carbocycles. The largest absolute Gasteiger partial charge is 0.481 e. The lowest BCUT2D eigenvalue weighted by Gasteiger charge is -2.21. The Bertz CT molecular complexity index is 227. The van der Waals surface area contributed by atoms with Gasteiger partial charge in [-0.25, -0.2) is 0 Å². The topological polar surface area (TPSA) is 92.4 Å². The van der Waals surface area contributed by atoms with Gasteiger partial charge in [0.25, 0.3) is 0 Å². The first-order valence-electron chi connectivity index (χ1n) is 5.19. The van der Waals surface area contributed by atoms with Crippen molar-refractivity contribution in [2.24, 2.45) is 5.73 Å². The van der Waals surface area contributed by atoms with Gasteiger partial charge in [-0.1, -0.05) is 6.92 Å². The monoisotopic (exact) mass is 216 g/mol. The second-order valence-corrected chi connectivity index (χ2v) is 3.88. The average Bonchev–Trinajstić information content (AvgIpc) is 2.16. The number of carboxylic acids is 1. The summed E-state index contributed by atoms with van der Waals surface area (Å²) in [6.07, 6.45) is 1.96. The van der Waals surface area contributed by atoms with E-state index in [4.69, 9.17) is 10.8 Å². The molecule has 0 saturated heterocycles. The molecule has 15 heavy (non-hydrogen) atoms. The number of hydrogen-bond acceptors (Lipinski definition) is 3. The van der Waals surface area contributed by atoms with E-state index < -0.39 is 11.5 Å². The minimum Gasteiger partial charge on any atom is -0.481 e. The molecule has 0 aliphatic heterocycles. The zero-order chi connectivity index (χ0) is 11.9. The van der Waals surface area contributed by atoms with Crippen molar-refractivity contribution in [3.8, 4) is 0 Å². The molecular weight excluding hydrogens is 196 g/mol. The van der Waals surface area contributed by atoms with Crippen molar-refractivity contribution in [1.29, 1.82) is 0 Å². The van der Waals surface area contributed by atoms with E-state index in [2.05, 4.69) is 5.32 Å². The predicted molar refractivity (Wildman–Crippen MR) is 57.4 cm³/mol. The van der Waals surface area contributed by atoms with Gasteiger partial charge in [-0.3, -0.25) is 9.59 Å². The van der Waals surface area contributed by atoms with Gasteiger partial charge in [0, 0.05) is 13.0 Å². The summed E-state index contributed by atoms with van der Waals surface area (Å²) < 4.78 is 0. The molecule has 4 N–H and O–H groups in total. The third-order valence-electron chi connectivity index (χ3n) is 2.36. The van der Waals surface area contributed by atoms with Crippen LogP contribution in [0, 0.1) is 0 Å². The molecular formula is C10H20N2O3. The maximum absolute atomic E-state index is 11.4. The van der Waals surface area contributed by atoms with Crippen LogP contribution >= 0.6 is 0 Å². The van der Waals surface area contributed by atoms with E-state index in [0.29, 0.717) is 25.8 Å². The van der Waals surface area contributed by atoms with Crippen molar-refractivity contribution in [3.63, 3.8) is 0 Å². The van der Waals surface area contributed by atoms with Crippen molar-refractivity contribution >= 4 is 11.9 Å². The minimum atomic E-state index is -0.827. The smallest absolute Gasteiger partial charge is 0.303 e. The highest BCUT2D eigenvalue weighted by Gasteiger charge is 2.24. The molecule has 0 aliphatic rings. The number of hydrogen-bond donors (Lipinski definition) is 3. The van der Waals surface area contributed by atoms with Crippen LogP contribution in [0.2, 0.25) is 0 Å². The van der Waals surface area contributed by atoms with Crippen molar-refractivity contribution in [1.82, 2.24) is 5.32 Å². The Balaban J connectivity index is 3.60. The number of unbranched alkanes of at least 4 members (excludes halogenated alkanes) is 1. The van der Waals surface area contributed by atoms with E-state index in [-0.39, 0.29) is 12.3 Å². The third kappa shape index (κ3) is 6.06. The van der Waals surface area contributed by atoms with E-state index >= 15 is 0 Å². The Morgan fingerprint density at radius 3 is 2.47 bits per heavy atom. The summed E-state index contributed by atoms with van der Waals surface area (Å²) in [6, 6.07) is 0. The molecule has 0 aromatic heterocycles. The number of aliphatic carboxylic acids is 1. The first-order valence-corrected chi connectivity index (χ1v) is 5.19. The lowest BCUT2D eigenvalue weighted by Crippen LogP contribution is -2.51. The summed E-state index contributed by atoms with van der Waals surface area (Å²) >= 11 is 0. The fraction of sp³-hybridized carbons (Fsp3) is 0.800. The maximum atomic E-state index is 11.4. The molecule has 0 bridgehead atoms. The average molecular weight is 216 g/mol. The van der Waals surface area contributed by atoms with Gasteiger partial charge in [0.2, 0.25) is 5.91 Å². The van der Waals surface area contributed by atoms with Crippen LogP contribution in [0.5, 0.6) is 0 Å². The summed E-state index contributed by atoms with van der Waals surface area (Å²) in [5, 5.41) is 11.1. The van der Waals surface area contributed by atoms with Gasteiger partial charge >= 0.3 is 5.97 Å². The van der Waals surface area contributed by atoms with E-state index in [9.17, 15) is 9.59 Å². The van der Waals surface area contributed by atoms with Crippen LogP contribution < -0.4 is 11.1 Å². The fourth-order valence-corrected chi connectivity index (χ4v) is 0.966. The minimum absolute atomic E-state index is 0.142. The first kappa shape index (κ1) is 13.9. The van der Waals surface area contributed by atoms with Crippen LogP contribution in [0.1, 0.15) is 39.5 Å². The Morgan fingerprint density at radius 2 is 2.00 bits per heavy atom. The van der Waals surface area contributed by atoms with Crippen LogP contribution in [0.15, 0.2) is 0 Å². The summed E-state index contributed by atoms with van der Waals surface area (Å²) in [7, 11) is 0. The lowest BCUT2D eigenvalue weighted by molar-refractivity contribution is -0.137. The molecule has 0 rings (SSSR count). The summed E-state index contributed by atoms with van der Waals surface area (Å²) in [4.78, 5) is 21.6. The van der Waals surface area contributed by atoms with Gasteiger partial charge in [0.05, 0.1) is 5.54 Å². The van der Waals surface area contributed by atoms with Crippen molar-refractivity contribution in [2.75, 3.05) is 6.54 Å². The second-order valence-electron chi connectivity index (χ2n) is 3.88. The SMILES string of the molecule is CCC(C)(N)C(=O)NCCCCC(=O)O. The third-order valence-corrected chi connectivity index (χ3v) is 2.36. The van der Waals surface area contributed by atoms with Crippen molar-refractivity contribution < 1.29 is 14.7 Å². The van der Waals surface area contributed by atoms with Crippen LogP contribution in [0.4, 0.5) is 0 Å². The van der Waals surface area contributed by atoms with Crippen LogP contribution in [-0.2, 0) is 9.59 Å². The Kier molecular flexibility index (Phi) is 5.93. The highest BCUT2D eigenvalue weighted by molar-refractivity contribution is 5.85. The van der Waals surface area contributed by atoms with Gasteiger partial charge in [0.15, 0.2) is 0 Å². The molecule has 0 aromatic rings. The number of carbonyl (C=O) groups excluding carboxylic acids is 1. The molecule has 0 heterocycles. The van der Waals surface area contributed by atoms with Crippen LogP contribution in [0.25, 0.3) is 0 Å².